The Morgan fingerprint density at radius 2 is 1.08 bits per heavy atom. The van der Waals surface area contributed by atoms with Crippen LogP contribution in [0.3, 0.4) is 0 Å². The minimum Gasteiger partial charge on any atom is -0.130 e. The molecule has 0 bridgehead atoms. The van der Waals surface area contributed by atoms with Crippen molar-refractivity contribution >= 4 is 11.6 Å². The summed E-state index contributed by atoms with van der Waals surface area (Å²) in [6, 6.07) is 8.83. The van der Waals surface area contributed by atoms with Gasteiger partial charge in [-0.2, -0.15) is 0 Å². The van der Waals surface area contributed by atoms with E-state index in [2.05, 4.69) is 49.7 Å². The molecule has 0 unspecified atom stereocenters. The average Bonchev–Trinajstić information content (AvgIpc) is 2.21. The summed E-state index contributed by atoms with van der Waals surface area (Å²) >= 11 is 4.64. The minimum absolute atomic E-state index is 1.14. The average molecular weight is 185 g/mol. The van der Waals surface area contributed by atoms with E-state index in [1.165, 1.54) is 17.5 Å². The largest absolute Gasteiger partial charge is 0.130 e. The highest BCUT2D eigenvalue weighted by Gasteiger charge is 1.88. The molecule has 68 valence electrons. The normalized spacial score (nSPS) is 8.67. The van der Waals surface area contributed by atoms with Crippen LogP contribution in [-0.2, 0) is 12.8 Å². The Labute approximate surface area is 80.6 Å². The third-order valence-corrected chi connectivity index (χ3v) is 1.84. The highest BCUT2D eigenvalue weighted by atomic mass is 35.5. The van der Waals surface area contributed by atoms with Crippen LogP contribution in [0.25, 0.3) is 0 Å². The van der Waals surface area contributed by atoms with Gasteiger partial charge in [0, 0.05) is 6.38 Å². The zero-order chi connectivity index (χ0) is 9.40. The van der Waals surface area contributed by atoms with E-state index in [9.17, 15) is 0 Å². The zero-order valence-corrected chi connectivity index (χ0v) is 8.86. The molecule has 1 heteroatoms. The van der Waals surface area contributed by atoms with E-state index in [0.29, 0.717) is 0 Å². The summed E-state index contributed by atoms with van der Waals surface area (Å²) in [7, 11) is 0. The first-order valence-corrected chi connectivity index (χ1v) is 5.08. The summed E-state index contributed by atoms with van der Waals surface area (Å²) in [5.74, 6) is 0. The molecule has 0 aromatic heterocycles. The number of hydrogen-bond donors (Lipinski definition) is 0. The third-order valence-electron chi connectivity index (χ3n) is 1.84. The molecular formula is C11H17Cl. The van der Waals surface area contributed by atoms with Gasteiger partial charge in [0.15, 0.2) is 0 Å². The quantitative estimate of drug-likeness (QED) is 0.616. The maximum absolute atomic E-state index is 4.64. The number of alkyl halides is 1. The zero-order valence-electron chi connectivity index (χ0n) is 8.10. The van der Waals surface area contributed by atoms with E-state index in [1.54, 1.807) is 0 Å². The van der Waals surface area contributed by atoms with Crippen molar-refractivity contribution in [1.82, 2.24) is 0 Å². The lowest BCUT2D eigenvalue weighted by atomic mass is 10.1. The summed E-state index contributed by atoms with van der Waals surface area (Å²) < 4.78 is 0. The van der Waals surface area contributed by atoms with Crippen molar-refractivity contribution in [2.45, 2.75) is 26.7 Å². The lowest BCUT2D eigenvalue weighted by Gasteiger charge is -1.97. The highest BCUT2D eigenvalue weighted by Crippen LogP contribution is 2.04. The lowest BCUT2D eigenvalue weighted by molar-refractivity contribution is 1.10. The second kappa shape index (κ2) is 7.17. The van der Waals surface area contributed by atoms with Gasteiger partial charge >= 0.3 is 0 Å². The fraction of sp³-hybridized carbons (Fsp3) is 0.455. The molecule has 0 aliphatic rings. The SMILES string of the molecule is CCc1ccc(CC)cc1.CCl. The molecule has 1 rings (SSSR count). The molecule has 0 radical (unpaired) electrons. The van der Waals surface area contributed by atoms with Gasteiger partial charge < -0.3 is 0 Å². The highest BCUT2D eigenvalue weighted by molar-refractivity contribution is 6.15. The van der Waals surface area contributed by atoms with Gasteiger partial charge in [-0.25, -0.2) is 0 Å². The van der Waals surface area contributed by atoms with Crippen molar-refractivity contribution in [3.63, 3.8) is 0 Å². The van der Waals surface area contributed by atoms with Crippen molar-refractivity contribution in [3.05, 3.63) is 35.4 Å². The van der Waals surface area contributed by atoms with Gasteiger partial charge in [-0.1, -0.05) is 38.1 Å². The molecule has 0 saturated heterocycles. The van der Waals surface area contributed by atoms with Crippen LogP contribution in [0.5, 0.6) is 0 Å². The van der Waals surface area contributed by atoms with Crippen molar-refractivity contribution in [3.8, 4) is 0 Å². The molecular weight excluding hydrogens is 168 g/mol. The molecule has 0 fully saturated rings. The molecule has 0 N–H and O–H groups in total. The number of rotatable bonds is 2. The number of benzene rings is 1. The monoisotopic (exact) mass is 184 g/mol. The van der Waals surface area contributed by atoms with E-state index >= 15 is 0 Å². The number of hydrogen-bond acceptors (Lipinski definition) is 0. The molecule has 1 aromatic rings. The fourth-order valence-corrected chi connectivity index (χ4v) is 1.01. The van der Waals surface area contributed by atoms with Gasteiger partial charge in [-0.15, -0.1) is 11.6 Å². The Hall–Kier alpha value is -0.490. The fourth-order valence-electron chi connectivity index (χ4n) is 1.01. The summed E-state index contributed by atoms with van der Waals surface area (Å²) in [5, 5.41) is 0. The van der Waals surface area contributed by atoms with Crippen LogP contribution in [0.1, 0.15) is 25.0 Å². The van der Waals surface area contributed by atoms with Crippen LogP contribution in [0, 0.1) is 0 Å². The van der Waals surface area contributed by atoms with Crippen LogP contribution in [-0.4, -0.2) is 6.38 Å². The molecule has 12 heavy (non-hydrogen) atoms. The molecule has 0 heterocycles. The first-order chi connectivity index (χ1) is 5.86. The summed E-state index contributed by atoms with van der Waals surface area (Å²) in [5.41, 5.74) is 2.86. The summed E-state index contributed by atoms with van der Waals surface area (Å²) in [6.45, 7) is 4.36. The number of aryl methyl sites for hydroxylation is 2. The molecule has 1 aromatic carbocycles. The maximum atomic E-state index is 4.64. The van der Waals surface area contributed by atoms with Crippen molar-refractivity contribution in [2.24, 2.45) is 0 Å². The van der Waals surface area contributed by atoms with E-state index in [1.807, 2.05) is 0 Å². The van der Waals surface area contributed by atoms with Crippen LogP contribution >= 0.6 is 11.6 Å². The van der Waals surface area contributed by atoms with Crippen molar-refractivity contribution in [2.75, 3.05) is 6.38 Å². The second-order valence-corrected chi connectivity index (χ2v) is 2.52. The third kappa shape index (κ3) is 3.77. The van der Waals surface area contributed by atoms with E-state index < -0.39 is 0 Å². The molecule has 0 atom stereocenters. The Bertz CT molecular complexity index is 166. The van der Waals surface area contributed by atoms with Crippen LogP contribution in [0.2, 0.25) is 0 Å². The van der Waals surface area contributed by atoms with E-state index in [-0.39, 0.29) is 0 Å². The van der Waals surface area contributed by atoms with Gasteiger partial charge in [-0.05, 0) is 24.0 Å². The Kier molecular flexibility index (Phi) is 6.88. The predicted octanol–water partition coefficient (Wildman–Crippen LogP) is 3.67. The first kappa shape index (κ1) is 11.5. The first-order valence-electron chi connectivity index (χ1n) is 4.32. The molecule has 0 aliphatic heterocycles. The second-order valence-electron chi connectivity index (χ2n) is 2.52. The Morgan fingerprint density at radius 1 is 0.833 bits per heavy atom. The number of halogens is 1. The van der Waals surface area contributed by atoms with Gasteiger partial charge in [0.25, 0.3) is 0 Å². The molecule has 0 nitrogen and oxygen atoms in total. The van der Waals surface area contributed by atoms with Gasteiger partial charge in [0.05, 0.1) is 0 Å². The van der Waals surface area contributed by atoms with Gasteiger partial charge in [-0.3, -0.25) is 0 Å². The van der Waals surface area contributed by atoms with Crippen LogP contribution in [0.4, 0.5) is 0 Å². The Morgan fingerprint density at radius 3 is 1.25 bits per heavy atom. The lowest BCUT2D eigenvalue weighted by Crippen LogP contribution is -1.81. The predicted molar refractivity (Wildman–Crippen MR) is 57.0 cm³/mol. The van der Waals surface area contributed by atoms with Crippen LogP contribution < -0.4 is 0 Å². The molecule has 0 aliphatic carbocycles. The van der Waals surface area contributed by atoms with Crippen LogP contribution in [0.15, 0.2) is 24.3 Å². The molecule has 0 amide bonds. The van der Waals surface area contributed by atoms with Gasteiger partial charge in [0.2, 0.25) is 0 Å². The van der Waals surface area contributed by atoms with Gasteiger partial charge in [0.1, 0.15) is 0 Å². The van der Waals surface area contributed by atoms with E-state index in [0.717, 1.165) is 12.8 Å². The summed E-state index contributed by atoms with van der Waals surface area (Å²) in [4.78, 5) is 0. The summed E-state index contributed by atoms with van der Waals surface area (Å²) in [6.07, 6.45) is 3.76. The maximum Gasteiger partial charge on any atom is 0.0108 e. The smallest absolute Gasteiger partial charge is 0.0108 e. The molecule has 0 saturated carbocycles. The molecule has 0 spiro atoms. The topological polar surface area (TPSA) is 0 Å². The minimum atomic E-state index is 1.14. The van der Waals surface area contributed by atoms with Crippen molar-refractivity contribution in [1.29, 1.82) is 0 Å². The standard InChI is InChI=1S/C10H14.CH3Cl/c1-3-9-5-7-10(4-2)8-6-9;1-2/h5-8H,3-4H2,1-2H3;1H3. The van der Waals surface area contributed by atoms with E-state index in [4.69, 9.17) is 0 Å². The Balaban J connectivity index is 0.000000561. The van der Waals surface area contributed by atoms with Crippen molar-refractivity contribution < 1.29 is 0 Å².